The Balaban J connectivity index is 1.90. The summed E-state index contributed by atoms with van der Waals surface area (Å²) in [6, 6.07) is 0. The molecule has 5 nitrogen and oxygen atoms in total. The largest absolute Gasteiger partial charge is 0.386 e. The molecule has 1 saturated heterocycles. The summed E-state index contributed by atoms with van der Waals surface area (Å²) in [6.07, 6.45) is 2.73. The Hall–Kier alpha value is -1.27. The second-order valence-corrected chi connectivity index (χ2v) is 3.61. The Morgan fingerprint density at radius 2 is 2.27 bits per heavy atom. The van der Waals surface area contributed by atoms with Crippen molar-refractivity contribution in [2.24, 2.45) is 0 Å². The van der Waals surface area contributed by atoms with Crippen LogP contribution in [0.5, 0.6) is 0 Å². The van der Waals surface area contributed by atoms with Crippen molar-refractivity contribution >= 4 is 5.95 Å². The Kier molecular flexibility index (Phi) is 2.79. The molecule has 0 aliphatic carbocycles. The summed E-state index contributed by atoms with van der Waals surface area (Å²) in [6.45, 7) is 1.17. The SMILES string of the molecule is OC1(CNc2ncc(F)cn2)CCOC1. The Labute approximate surface area is 86.3 Å². The molecule has 1 aliphatic heterocycles. The molecule has 2 rings (SSSR count). The molecule has 15 heavy (non-hydrogen) atoms. The summed E-state index contributed by atoms with van der Waals surface area (Å²) in [5.41, 5.74) is -0.863. The van der Waals surface area contributed by atoms with Crippen molar-refractivity contribution in [2.45, 2.75) is 12.0 Å². The Morgan fingerprint density at radius 1 is 1.53 bits per heavy atom. The molecule has 0 aromatic carbocycles. The van der Waals surface area contributed by atoms with E-state index in [-0.39, 0.29) is 0 Å². The number of ether oxygens (including phenoxy) is 1. The van der Waals surface area contributed by atoms with Gasteiger partial charge in [-0.1, -0.05) is 0 Å². The summed E-state index contributed by atoms with van der Waals surface area (Å²) < 4.78 is 17.6. The first-order valence-corrected chi connectivity index (χ1v) is 4.70. The third-order valence-corrected chi connectivity index (χ3v) is 2.28. The zero-order chi connectivity index (χ0) is 10.7. The molecule has 0 bridgehead atoms. The van der Waals surface area contributed by atoms with Crippen LogP contribution in [0.15, 0.2) is 12.4 Å². The molecule has 6 heteroatoms. The normalized spacial score (nSPS) is 25.5. The van der Waals surface area contributed by atoms with Gasteiger partial charge in [-0.25, -0.2) is 14.4 Å². The molecule has 1 aromatic heterocycles. The van der Waals surface area contributed by atoms with Gasteiger partial charge in [0.1, 0.15) is 5.60 Å². The van der Waals surface area contributed by atoms with Crippen LogP contribution in [0.3, 0.4) is 0 Å². The molecule has 0 spiro atoms. The second kappa shape index (κ2) is 4.08. The number of halogens is 1. The van der Waals surface area contributed by atoms with Gasteiger partial charge in [0.2, 0.25) is 5.95 Å². The number of anilines is 1. The van der Waals surface area contributed by atoms with Gasteiger partial charge in [-0.05, 0) is 0 Å². The molecule has 0 radical (unpaired) electrons. The highest BCUT2D eigenvalue weighted by atomic mass is 19.1. The van der Waals surface area contributed by atoms with Gasteiger partial charge in [-0.2, -0.15) is 0 Å². The van der Waals surface area contributed by atoms with Crippen molar-refractivity contribution in [2.75, 3.05) is 25.1 Å². The van der Waals surface area contributed by atoms with Crippen molar-refractivity contribution in [3.63, 3.8) is 0 Å². The molecule has 2 N–H and O–H groups in total. The lowest BCUT2D eigenvalue weighted by molar-refractivity contribution is 0.0380. The van der Waals surface area contributed by atoms with Crippen LogP contribution in [0, 0.1) is 5.82 Å². The fraction of sp³-hybridized carbons (Fsp3) is 0.556. The standard InChI is InChI=1S/C9H12FN3O2/c10-7-3-11-8(12-4-7)13-5-9(14)1-2-15-6-9/h3-4,14H,1-2,5-6H2,(H,11,12,13). The highest BCUT2D eigenvalue weighted by molar-refractivity contribution is 5.23. The highest BCUT2D eigenvalue weighted by Gasteiger charge is 2.32. The average molecular weight is 213 g/mol. The first kappa shape index (κ1) is 10.3. The van der Waals surface area contributed by atoms with Gasteiger partial charge in [-0.3, -0.25) is 0 Å². The molecule has 2 heterocycles. The molecule has 1 aromatic rings. The number of aromatic nitrogens is 2. The molecule has 0 amide bonds. The lowest BCUT2D eigenvalue weighted by Crippen LogP contribution is -2.37. The van der Waals surface area contributed by atoms with E-state index >= 15 is 0 Å². The van der Waals surface area contributed by atoms with Gasteiger partial charge in [0, 0.05) is 19.6 Å². The van der Waals surface area contributed by atoms with Gasteiger partial charge in [0.05, 0.1) is 19.0 Å². The van der Waals surface area contributed by atoms with Gasteiger partial charge < -0.3 is 15.2 Å². The summed E-state index contributed by atoms with van der Waals surface area (Å²) in [5.74, 6) is -0.180. The predicted molar refractivity (Wildman–Crippen MR) is 50.9 cm³/mol. The van der Waals surface area contributed by atoms with E-state index in [9.17, 15) is 9.50 Å². The van der Waals surface area contributed by atoms with Crippen LogP contribution < -0.4 is 5.32 Å². The maximum atomic E-state index is 12.5. The lowest BCUT2D eigenvalue weighted by Gasteiger charge is -2.20. The van der Waals surface area contributed by atoms with Gasteiger partial charge in [-0.15, -0.1) is 0 Å². The summed E-state index contributed by atoms with van der Waals surface area (Å²) in [7, 11) is 0. The first-order valence-electron chi connectivity index (χ1n) is 4.70. The summed E-state index contributed by atoms with van der Waals surface area (Å²) >= 11 is 0. The molecule has 1 aliphatic rings. The number of aliphatic hydroxyl groups is 1. The fourth-order valence-corrected chi connectivity index (χ4v) is 1.38. The van der Waals surface area contributed by atoms with Crippen LogP contribution in [-0.4, -0.2) is 40.4 Å². The second-order valence-electron chi connectivity index (χ2n) is 3.61. The van der Waals surface area contributed by atoms with Crippen LogP contribution in [0.1, 0.15) is 6.42 Å². The minimum atomic E-state index is -0.863. The molecular formula is C9H12FN3O2. The number of nitrogens with zero attached hydrogens (tertiary/aromatic N) is 2. The summed E-state index contributed by atoms with van der Waals surface area (Å²) in [5, 5.41) is 12.7. The van der Waals surface area contributed by atoms with Crippen molar-refractivity contribution in [3.05, 3.63) is 18.2 Å². The zero-order valence-corrected chi connectivity index (χ0v) is 8.11. The van der Waals surface area contributed by atoms with Crippen LogP contribution in [-0.2, 0) is 4.74 Å². The van der Waals surface area contributed by atoms with Crippen molar-refractivity contribution < 1.29 is 14.2 Å². The average Bonchev–Trinajstić information content (AvgIpc) is 2.65. The lowest BCUT2D eigenvalue weighted by atomic mass is 10.0. The maximum absolute atomic E-state index is 12.5. The molecule has 82 valence electrons. The maximum Gasteiger partial charge on any atom is 0.222 e. The van der Waals surface area contributed by atoms with E-state index in [0.717, 1.165) is 12.4 Å². The fourth-order valence-electron chi connectivity index (χ4n) is 1.38. The number of hydrogen-bond donors (Lipinski definition) is 2. The van der Waals surface area contributed by atoms with Crippen LogP contribution in [0.4, 0.5) is 10.3 Å². The Morgan fingerprint density at radius 3 is 2.87 bits per heavy atom. The summed E-state index contributed by atoms with van der Waals surface area (Å²) in [4.78, 5) is 7.44. The number of rotatable bonds is 3. The first-order chi connectivity index (χ1) is 7.18. The highest BCUT2D eigenvalue weighted by Crippen LogP contribution is 2.18. The van der Waals surface area contributed by atoms with Crippen LogP contribution in [0.2, 0.25) is 0 Å². The van der Waals surface area contributed by atoms with Crippen LogP contribution in [0.25, 0.3) is 0 Å². The van der Waals surface area contributed by atoms with Gasteiger partial charge >= 0.3 is 0 Å². The van der Waals surface area contributed by atoms with E-state index in [0.29, 0.717) is 32.1 Å². The minimum absolute atomic E-state index is 0.303. The van der Waals surface area contributed by atoms with E-state index in [4.69, 9.17) is 4.74 Å². The van der Waals surface area contributed by atoms with Crippen molar-refractivity contribution in [3.8, 4) is 0 Å². The van der Waals surface area contributed by atoms with E-state index < -0.39 is 11.4 Å². The smallest absolute Gasteiger partial charge is 0.222 e. The zero-order valence-electron chi connectivity index (χ0n) is 8.11. The molecule has 0 saturated carbocycles. The predicted octanol–water partition coefficient (Wildman–Crippen LogP) is 0.179. The molecule has 1 atom stereocenters. The quantitative estimate of drug-likeness (QED) is 0.749. The van der Waals surface area contributed by atoms with E-state index in [1.165, 1.54) is 0 Å². The van der Waals surface area contributed by atoms with E-state index in [1.807, 2.05) is 0 Å². The third kappa shape index (κ3) is 2.60. The van der Waals surface area contributed by atoms with Gasteiger partial charge in [0.15, 0.2) is 5.82 Å². The van der Waals surface area contributed by atoms with E-state index in [1.54, 1.807) is 0 Å². The van der Waals surface area contributed by atoms with Crippen molar-refractivity contribution in [1.82, 2.24) is 9.97 Å². The third-order valence-electron chi connectivity index (χ3n) is 2.28. The van der Waals surface area contributed by atoms with E-state index in [2.05, 4.69) is 15.3 Å². The van der Waals surface area contributed by atoms with Crippen LogP contribution >= 0.6 is 0 Å². The number of hydrogen-bond acceptors (Lipinski definition) is 5. The molecular weight excluding hydrogens is 201 g/mol. The van der Waals surface area contributed by atoms with Gasteiger partial charge in [0.25, 0.3) is 0 Å². The monoisotopic (exact) mass is 213 g/mol. The number of nitrogens with one attached hydrogen (secondary N) is 1. The minimum Gasteiger partial charge on any atom is -0.386 e. The topological polar surface area (TPSA) is 67.3 Å². The Bertz CT molecular complexity index is 325. The molecule has 1 fully saturated rings. The molecule has 1 unspecified atom stereocenters. The van der Waals surface area contributed by atoms with Crippen molar-refractivity contribution in [1.29, 1.82) is 0 Å².